The van der Waals surface area contributed by atoms with E-state index in [1.54, 1.807) is 13.8 Å². The van der Waals surface area contributed by atoms with Gasteiger partial charge in [-0.25, -0.2) is 4.79 Å². The number of primary amides is 1. The van der Waals surface area contributed by atoms with Gasteiger partial charge in [-0.05, 0) is 123 Å². The Morgan fingerprint density at radius 2 is 1.29 bits per heavy atom. The third-order valence-corrected chi connectivity index (χ3v) is 21.4. The second-order valence-corrected chi connectivity index (χ2v) is 30.6. The number of halogens is 2. The highest BCUT2D eigenvalue weighted by Gasteiger charge is 2.52. The second-order valence-electron chi connectivity index (χ2n) is 29.8. The number of hydrogen-bond donors (Lipinski definition) is 20. The molecule has 7 aliphatic heterocycles. The molecule has 18 atom stereocenters. The van der Waals surface area contributed by atoms with Crippen molar-refractivity contribution in [2.45, 2.75) is 214 Å². The molecule has 12 rings (SSSR count). The van der Waals surface area contributed by atoms with Crippen LogP contribution < -0.4 is 67.8 Å². The normalized spacial score (nSPS) is 27.4. The molecule has 2 saturated heterocycles. The molecule has 7 aliphatic rings. The third-order valence-electron chi connectivity index (χ3n) is 20.8. The zero-order valence-electron chi connectivity index (χ0n) is 63.5. The Balaban J connectivity index is 1.15. The van der Waals surface area contributed by atoms with Gasteiger partial charge >= 0.3 is 5.97 Å². The van der Waals surface area contributed by atoms with Gasteiger partial charge in [-0.1, -0.05) is 107 Å². The molecule has 114 heavy (non-hydrogen) atoms. The van der Waals surface area contributed by atoms with E-state index in [9.17, 15) is 75.0 Å². The molecule has 7 heterocycles. The Hall–Kier alpha value is -9.24. The van der Waals surface area contributed by atoms with Gasteiger partial charge in [-0.2, -0.15) is 0 Å². The number of amides is 7. The standard InChI is InChI=1S/C78H100Cl2N10O24/c1-7-8-9-10-11-12-13-14-21-83-22-23-84-78(5)33-56(109-36(4)69(78)100)113-68-66(99)65(98)54(34-91)112-77(68)114-67-52-28-40-29-53(67)111-51-20-17-39(27-45(51)80)64(97)62-75(106)88-60(76(107)108)43-30-41(92)31-49(94)57(43)42-25-37(15-18-48(42)93)58(72(103)90-62)87-73(104)59(40)86-71(102)47(32-55(81)95)85-74(105)61(89-70(101)46(82-6)24-35(2)3)63(96)38-16-19-50(110-52)44(79)26-38/h15-20,25-31,35-36,46-47,54,56,58-66,68-69,77,82-84,91-94,96-100H,7-14,21-24,32-34H2,1-6H3,(H2,81,95)(H,85,105)(H,86,102)(H,87,104)(H,88,106)(H,89,101)(H,90,103)(H,107,108)/t36-,46+,47-,54+,56-,58?,59+,60-,61?,62-,63+,64+,65+,66-,68+,69+,77-,78-/m0/s1. The average Bonchev–Trinajstić information content (AvgIpc) is 0.772. The number of ether oxygens (including phenoxy) is 6. The molecule has 7 amide bonds. The first-order valence-electron chi connectivity index (χ1n) is 37.9. The van der Waals surface area contributed by atoms with Crippen molar-refractivity contribution < 1.29 is 118 Å². The summed E-state index contributed by atoms with van der Waals surface area (Å²) in [6.07, 6.45) is -9.00. The van der Waals surface area contributed by atoms with Gasteiger partial charge in [0.15, 0.2) is 29.9 Å². The molecule has 0 spiro atoms. The summed E-state index contributed by atoms with van der Waals surface area (Å²) in [5.74, 6) is -15.8. The fourth-order valence-electron chi connectivity index (χ4n) is 14.6. The number of rotatable bonds is 26. The monoisotopic (exact) mass is 1630 g/mol. The molecule has 34 nitrogen and oxygen atoms in total. The summed E-state index contributed by atoms with van der Waals surface area (Å²) in [6.45, 7) is 9.89. The summed E-state index contributed by atoms with van der Waals surface area (Å²) in [5, 5.41) is 140. The molecule has 0 aliphatic carbocycles. The van der Waals surface area contributed by atoms with E-state index in [1.807, 2.05) is 13.8 Å². The van der Waals surface area contributed by atoms with Gasteiger partial charge in [-0.3, -0.25) is 33.6 Å². The van der Waals surface area contributed by atoms with Crippen LogP contribution in [0.3, 0.4) is 0 Å². The number of nitrogens with one attached hydrogen (secondary N) is 9. The van der Waals surface area contributed by atoms with Gasteiger partial charge in [0.05, 0.1) is 41.3 Å². The van der Waals surface area contributed by atoms with Crippen molar-refractivity contribution in [3.8, 4) is 57.1 Å². The Kier molecular flexibility index (Phi) is 29.4. The molecule has 21 N–H and O–H groups in total. The van der Waals surface area contributed by atoms with Crippen LogP contribution in [0.15, 0.2) is 78.9 Å². The minimum atomic E-state index is -2.35. The van der Waals surface area contributed by atoms with Gasteiger partial charge in [0.2, 0.25) is 53.4 Å². The maximum atomic E-state index is 16.2. The van der Waals surface area contributed by atoms with Crippen molar-refractivity contribution in [2.24, 2.45) is 11.7 Å². The summed E-state index contributed by atoms with van der Waals surface area (Å²) in [5.41, 5.74) is 1.85. The lowest BCUT2D eigenvalue weighted by atomic mass is 9.85. The molecule has 36 heteroatoms. The number of phenolic OH excluding ortho intramolecular Hbond substituents is 3. The van der Waals surface area contributed by atoms with E-state index in [-0.39, 0.29) is 52.0 Å². The largest absolute Gasteiger partial charge is 0.508 e. The Bertz CT molecular complexity index is 4340. The number of unbranched alkanes of at least 4 members (excludes halogenated alkanes) is 7. The van der Waals surface area contributed by atoms with Crippen LogP contribution in [0.2, 0.25) is 10.0 Å². The molecular weight excluding hydrogens is 1530 g/mol. The third kappa shape index (κ3) is 20.5. The highest BCUT2D eigenvalue weighted by atomic mass is 35.5. The van der Waals surface area contributed by atoms with Crippen LogP contribution in [-0.4, -0.2) is 211 Å². The van der Waals surface area contributed by atoms with E-state index in [1.165, 1.54) is 51.3 Å². The number of carboxylic acid groups (broad SMARTS) is 1. The van der Waals surface area contributed by atoms with Crippen LogP contribution in [0.1, 0.15) is 163 Å². The first-order chi connectivity index (χ1) is 54.2. The zero-order chi connectivity index (χ0) is 82.7. The van der Waals surface area contributed by atoms with E-state index in [4.69, 9.17) is 57.4 Å². The number of carboxylic acids is 1. The topological polar surface area (TPSA) is 529 Å². The van der Waals surface area contributed by atoms with E-state index < -0.39 is 231 Å². The predicted octanol–water partition coefficient (Wildman–Crippen LogP) is 3.47. The maximum Gasteiger partial charge on any atom is 0.330 e. The quantitative estimate of drug-likeness (QED) is 0.0352. The number of aromatic hydroxyl groups is 3. The van der Waals surface area contributed by atoms with E-state index in [0.29, 0.717) is 13.1 Å². The Morgan fingerprint density at radius 3 is 1.90 bits per heavy atom. The summed E-state index contributed by atoms with van der Waals surface area (Å²) in [6, 6.07) is -0.453. The van der Waals surface area contributed by atoms with Crippen molar-refractivity contribution >= 4 is 70.5 Å². The highest BCUT2D eigenvalue weighted by Crippen LogP contribution is 2.50. The van der Waals surface area contributed by atoms with Crippen molar-refractivity contribution in [2.75, 3.05) is 33.3 Å². The molecule has 0 radical (unpaired) electrons. The molecule has 620 valence electrons. The number of hydrogen-bond acceptors (Lipinski definition) is 26. The molecule has 0 saturated carbocycles. The van der Waals surface area contributed by atoms with Gasteiger partial charge in [0.1, 0.15) is 89.5 Å². The van der Waals surface area contributed by atoms with Crippen LogP contribution >= 0.6 is 23.2 Å². The minimum absolute atomic E-state index is 0.0992. The van der Waals surface area contributed by atoms with Crippen LogP contribution in [0.4, 0.5) is 0 Å². The second kappa shape index (κ2) is 38.5. The SMILES string of the molecule is CCCCCCCCCCNCCN[C@@]1(C)C[C@H](O[C@H]2[C@H](Oc3c4cc5cc3Oc3ccc(cc3Cl)[C@@H](O)[C@@H]3NC(=O)C(NC(=O)[C@@H]5NC(=O)[C@H](CC(N)=O)NC(=O)C(NC(=O)[C@@H](CC(C)C)NC)[C@H](O)c5ccc(c(Cl)c5)O4)c4ccc(O)c(c4)-c4c(O)cc(O)cc4[C@@H](C(=O)O)NC3=O)O[C@H](CO)[C@@H](O)[C@@H]2O)O[C@@H](C)[C@H]1O. The summed E-state index contributed by atoms with van der Waals surface area (Å²) in [7, 11) is 1.48. The molecule has 2 unspecified atom stereocenters. The zero-order valence-corrected chi connectivity index (χ0v) is 65.0. The van der Waals surface area contributed by atoms with Crippen molar-refractivity contribution in [1.29, 1.82) is 0 Å². The number of carbonyl (C=O) groups excluding carboxylic acids is 7. The van der Waals surface area contributed by atoms with E-state index in [0.717, 1.165) is 92.5 Å². The van der Waals surface area contributed by atoms with Crippen LogP contribution in [0.25, 0.3) is 11.1 Å². The first-order valence-corrected chi connectivity index (χ1v) is 38.6. The van der Waals surface area contributed by atoms with Crippen molar-refractivity contribution in [1.82, 2.24) is 47.9 Å². The van der Waals surface area contributed by atoms with Crippen molar-refractivity contribution in [3.05, 3.63) is 117 Å². The number of nitrogens with two attached hydrogens (primary N) is 1. The van der Waals surface area contributed by atoms with Gasteiger partial charge in [0.25, 0.3) is 0 Å². The molecule has 5 aromatic carbocycles. The van der Waals surface area contributed by atoms with Crippen molar-refractivity contribution in [3.63, 3.8) is 0 Å². The van der Waals surface area contributed by atoms with Gasteiger partial charge in [0, 0.05) is 47.8 Å². The molecule has 0 aromatic heterocycles. The lowest BCUT2D eigenvalue weighted by Gasteiger charge is -2.48. The number of phenols is 3. The fourth-order valence-corrected chi connectivity index (χ4v) is 15.0. The number of fused-ring (bicyclic) bond motifs is 15. The number of carbonyl (C=O) groups is 8. The highest BCUT2D eigenvalue weighted by molar-refractivity contribution is 6.32. The number of likely N-dealkylation sites (N-methyl/N-ethyl adjacent to an activating group) is 1. The van der Waals surface area contributed by atoms with Crippen LogP contribution in [-0.2, 0) is 52.6 Å². The number of benzene rings is 5. The molecule has 2 fully saturated rings. The van der Waals surface area contributed by atoms with Gasteiger partial charge in [-0.15, -0.1) is 0 Å². The molecular formula is C78H100Cl2N10O24. The summed E-state index contributed by atoms with van der Waals surface area (Å²) >= 11 is 14.3. The van der Waals surface area contributed by atoms with E-state index >= 15 is 14.4 Å². The minimum Gasteiger partial charge on any atom is -0.508 e. The van der Waals surface area contributed by atoms with Crippen LogP contribution in [0.5, 0.6) is 46.0 Å². The number of aliphatic hydroxyl groups is 6. The fraction of sp³-hybridized carbons (Fsp3) is 0.513. The summed E-state index contributed by atoms with van der Waals surface area (Å²) in [4.78, 5) is 118. The molecule has 5 aromatic rings. The first kappa shape index (κ1) is 87.2. The van der Waals surface area contributed by atoms with Gasteiger partial charge < -0.3 is 133 Å². The molecule has 11 bridgehead atoms. The Morgan fingerprint density at radius 1 is 0.675 bits per heavy atom. The number of aliphatic hydroxyl groups excluding tert-OH is 6. The smallest absolute Gasteiger partial charge is 0.330 e. The number of aliphatic carboxylic acids is 1. The van der Waals surface area contributed by atoms with Crippen LogP contribution in [0, 0.1) is 5.92 Å². The Labute approximate surface area is 666 Å². The van der Waals surface area contributed by atoms with E-state index in [2.05, 4.69) is 54.8 Å². The lowest BCUT2D eigenvalue weighted by molar-refractivity contribution is -0.334. The predicted molar refractivity (Wildman–Crippen MR) is 409 cm³/mol. The summed E-state index contributed by atoms with van der Waals surface area (Å²) < 4.78 is 39.4. The maximum absolute atomic E-state index is 16.2. The average molecular weight is 1630 g/mol. The lowest BCUT2D eigenvalue weighted by Crippen LogP contribution is -2.65.